The first-order chi connectivity index (χ1) is 12.4. The Morgan fingerprint density at radius 1 is 1.15 bits per heavy atom. The molecule has 0 saturated heterocycles. The zero-order valence-corrected chi connectivity index (χ0v) is 16.0. The molecule has 1 N–H and O–H groups in total. The molecule has 0 spiro atoms. The van der Waals surface area contributed by atoms with Crippen molar-refractivity contribution in [2.24, 2.45) is 5.92 Å². The molecule has 1 amide bonds. The van der Waals surface area contributed by atoms with Crippen molar-refractivity contribution in [1.29, 1.82) is 0 Å². The Labute approximate surface area is 156 Å². The van der Waals surface area contributed by atoms with Gasteiger partial charge in [-0.2, -0.15) is 0 Å². The van der Waals surface area contributed by atoms with E-state index in [4.69, 9.17) is 0 Å². The van der Waals surface area contributed by atoms with E-state index in [0.717, 1.165) is 31.4 Å². The second kappa shape index (κ2) is 6.53. The zero-order chi connectivity index (χ0) is 18.3. The number of carbonyl (C=O) groups is 1. The highest BCUT2D eigenvalue weighted by Crippen LogP contribution is 2.48. The fourth-order valence-corrected chi connectivity index (χ4v) is 4.11. The molecular formula is C23H28N2O. The van der Waals surface area contributed by atoms with Crippen LogP contribution in [0.5, 0.6) is 0 Å². The van der Waals surface area contributed by atoms with Crippen LogP contribution < -0.4 is 5.32 Å². The van der Waals surface area contributed by atoms with E-state index in [1.54, 1.807) is 0 Å². The lowest BCUT2D eigenvalue weighted by atomic mass is 9.86. The third-order valence-electron chi connectivity index (χ3n) is 5.84. The lowest BCUT2D eigenvalue weighted by Crippen LogP contribution is -2.33. The molecule has 0 aliphatic heterocycles. The van der Waals surface area contributed by atoms with Crippen molar-refractivity contribution in [3.8, 4) is 0 Å². The first-order valence-corrected chi connectivity index (χ1v) is 9.78. The van der Waals surface area contributed by atoms with Crippen LogP contribution in [0.15, 0.2) is 42.6 Å². The van der Waals surface area contributed by atoms with Gasteiger partial charge in [0.1, 0.15) is 0 Å². The highest BCUT2D eigenvalue weighted by Gasteiger charge is 2.44. The van der Waals surface area contributed by atoms with E-state index in [1.807, 2.05) is 12.3 Å². The maximum absolute atomic E-state index is 12.8. The predicted molar refractivity (Wildman–Crippen MR) is 104 cm³/mol. The molecule has 2 aromatic rings. The number of aromatic nitrogens is 1. The number of nitrogens with zero attached hydrogens (tertiary/aromatic N) is 1. The van der Waals surface area contributed by atoms with E-state index in [-0.39, 0.29) is 23.3 Å². The Morgan fingerprint density at radius 2 is 1.92 bits per heavy atom. The van der Waals surface area contributed by atoms with Gasteiger partial charge in [0, 0.05) is 12.1 Å². The summed E-state index contributed by atoms with van der Waals surface area (Å²) in [7, 11) is 0. The summed E-state index contributed by atoms with van der Waals surface area (Å²) in [5.41, 5.74) is 5.15. The van der Waals surface area contributed by atoms with Crippen LogP contribution >= 0.6 is 0 Å². The number of benzene rings is 1. The number of amides is 1. The summed E-state index contributed by atoms with van der Waals surface area (Å²) in [5.74, 6) is 0.679. The van der Waals surface area contributed by atoms with Crippen LogP contribution in [0.1, 0.15) is 74.4 Å². The summed E-state index contributed by atoms with van der Waals surface area (Å²) in [6, 6.07) is 13.0. The number of hydrogen-bond acceptors (Lipinski definition) is 2. The summed E-state index contributed by atoms with van der Waals surface area (Å²) in [5, 5.41) is 3.27. The molecule has 1 aromatic heterocycles. The van der Waals surface area contributed by atoms with Crippen LogP contribution in [0.2, 0.25) is 0 Å². The first kappa shape index (κ1) is 17.3. The van der Waals surface area contributed by atoms with Gasteiger partial charge in [-0.3, -0.25) is 9.78 Å². The molecule has 136 valence electrons. The molecule has 0 radical (unpaired) electrons. The van der Waals surface area contributed by atoms with Crippen LogP contribution in [0, 0.1) is 5.92 Å². The van der Waals surface area contributed by atoms with Gasteiger partial charge in [-0.15, -0.1) is 0 Å². The molecule has 3 heteroatoms. The van der Waals surface area contributed by atoms with Gasteiger partial charge in [-0.05, 0) is 59.8 Å². The minimum absolute atomic E-state index is 0.0805. The van der Waals surface area contributed by atoms with Gasteiger partial charge in [0.05, 0.1) is 11.7 Å². The van der Waals surface area contributed by atoms with Crippen LogP contribution in [-0.2, 0) is 16.6 Å². The van der Waals surface area contributed by atoms with Crippen molar-refractivity contribution in [3.63, 3.8) is 0 Å². The molecule has 1 fully saturated rings. The number of carbonyl (C=O) groups excluding carboxylic acids is 1. The Bertz CT molecular complexity index is 804. The lowest BCUT2D eigenvalue weighted by Gasteiger charge is -2.25. The molecule has 1 unspecified atom stereocenters. The predicted octanol–water partition coefficient (Wildman–Crippen LogP) is 4.68. The first-order valence-electron chi connectivity index (χ1n) is 9.78. The van der Waals surface area contributed by atoms with E-state index < -0.39 is 0 Å². The normalized spacial score (nSPS) is 24.7. The summed E-state index contributed by atoms with van der Waals surface area (Å²) in [6.45, 7) is 6.68. The molecule has 1 saturated carbocycles. The van der Waals surface area contributed by atoms with E-state index in [0.29, 0.717) is 5.92 Å². The number of aryl methyl sites for hydroxylation is 1. The highest BCUT2D eigenvalue weighted by atomic mass is 16.2. The van der Waals surface area contributed by atoms with Crippen LogP contribution in [0.4, 0.5) is 0 Å². The van der Waals surface area contributed by atoms with Crippen molar-refractivity contribution in [3.05, 3.63) is 65.0 Å². The molecular weight excluding hydrogens is 320 g/mol. The number of rotatable bonds is 3. The third kappa shape index (κ3) is 3.40. The summed E-state index contributed by atoms with van der Waals surface area (Å²) >= 11 is 0. The standard InChI is InChI=1S/C23H28N2O/c1-23(2,3)17-11-9-15(10-12-17)18-14-19(18)22(26)25-20-8-4-6-16-7-5-13-24-21(16)20/h5,7,9-13,18-20H,4,6,8,14H2,1-3H3,(H,25,26)/t18-,19+,20?/m0/s1. The monoisotopic (exact) mass is 348 g/mol. The van der Waals surface area contributed by atoms with Crippen molar-refractivity contribution in [2.75, 3.05) is 0 Å². The fraction of sp³-hybridized carbons (Fsp3) is 0.478. The topological polar surface area (TPSA) is 42.0 Å². The van der Waals surface area contributed by atoms with E-state index >= 15 is 0 Å². The van der Waals surface area contributed by atoms with Gasteiger partial charge < -0.3 is 5.32 Å². The average Bonchev–Trinajstić information content (AvgIpc) is 3.42. The average molecular weight is 348 g/mol. The quantitative estimate of drug-likeness (QED) is 0.875. The van der Waals surface area contributed by atoms with Gasteiger partial charge >= 0.3 is 0 Å². The second-order valence-corrected chi connectivity index (χ2v) is 8.82. The highest BCUT2D eigenvalue weighted by molar-refractivity contribution is 5.83. The van der Waals surface area contributed by atoms with Crippen molar-refractivity contribution >= 4 is 5.91 Å². The van der Waals surface area contributed by atoms with Gasteiger partial charge in [0.15, 0.2) is 0 Å². The lowest BCUT2D eigenvalue weighted by molar-refractivity contribution is -0.123. The number of hydrogen-bond donors (Lipinski definition) is 1. The molecule has 26 heavy (non-hydrogen) atoms. The minimum Gasteiger partial charge on any atom is -0.347 e. The zero-order valence-electron chi connectivity index (χ0n) is 16.0. The molecule has 2 aliphatic rings. The summed E-state index contributed by atoms with van der Waals surface area (Å²) in [4.78, 5) is 17.3. The van der Waals surface area contributed by atoms with Crippen molar-refractivity contribution in [2.45, 2.75) is 63.8 Å². The number of fused-ring (bicyclic) bond motifs is 1. The van der Waals surface area contributed by atoms with E-state index in [1.165, 1.54) is 16.7 Å². The summed E-state index contributed by atoms with van der Waals surface area (Å²) < 4.78 is 0. The van der Waals surface area contributed by atoms with E-state index in [2.05, 4.69) is 61.4 Å². The maximum Gasteiger partial charge on any atom is 0.224 e. The Balaban J connectivity index is 1.41. The molecule has 1 heterocycles. The van der Waals surface area contributed by atoms with Crippen molar-refractivity contribution < 1.29 is 4.79 Å². The largest absolute Gasteiger partial charge is 0.347 e. The number of nitrogens with one attached hydrogen (secondary N) is 1. The fourth-order valence-electron chi connectivity index (χ4n) is 4.11. The van der Waals surface area contributed by atoms with Crippen molar-refractivity contribution in [1.82, 2.24) is 10.3 Å². The van der Waals surface area contributed by atoms with Crippen LogP contribution in [0.3, 0.4) is 0 Å². The van der Waals surface area contributed by atoms with Gasteiger partial charge in [-0.25, -0.2) is 0 Å². The second-order valence-electron chi connectivity index (χ2n) is 8.82. The van der Waals surface area contributed by atoms with Gasteiger partial charge in [-0.1, -0.05) is 51.1 Å². The molecule has 3 nitrogen and oxygen atoms in total. The molecule has 1 aromatic carbocycles. The Kier molecular flexibility index (Phi) is 4.34. The van der Waals surface area contributed by atoms with Crippen LogP contribution in [0.25, 0.3) is 0 Å². The molecule has 0 bridgehead atoms. The Hall–Kier alpha value is -2.16. The van der Waals surface area contributed by atoms with Gasteiger partial charge in [0.2, 0.25) is 5.91 Å². The SMILES string of the molecule is CC(C)(C)c1ccc([C@@H]2C[C@H]2C(=O)NC2CCCc3cccnc32)cc1. The Morgan fingerprint density at radius 3 is 2.65 bits per heavy atom. The van der Waals surface area contributed by atoms with Crippen LogP contribution in [-0.4, -0.2) is 10.9 Å². The third-order valence-corrected chi connectivity index (χ3v) is 5.84. The number of pyridine rings is 1. The smallest absolute Gasteiger partial charge is 0.224 e. The molecule has 2 aliphatic carbocycles. The molecule has 4 rings (SSSR count). The minimum atomic E-state index is 0.0805. The maximum atomic E-state index is 12.8. The summed E-state index contributed by atoms with van der Waals surface area (Å²) in [6.07, 6.45) is 5.98. The van der Waals surface area contributed by atoms with E-state index in [9.17, 15) is 4.79 Å². The van der Waals surface area contributed by atoms with Gasteiger partial charge in [0.25, 0.3) is 0 Å². The molecule has 3 atom stereocenters.